The van der Waals surface area contributed by atoms with Crippen molar-refractivity contribution in [2.75, 3.05) is 26.7 Å². The quantitative estimate of drug-likeness (QED) is 0.682. The Morgan fingerprint density at radius 2 is 1.95 bits per heavy atom. The second-order valence-corrected chi connectivity index (χ2v) is 4.56. The Hall–Kier alpha value is -1.50. The monoisotopic (exact) mass is 268 g/mol. The molecule has 0 aliphatic heterocycles. The van der Waals surface area contributed by atoms with Gasteiger partial charge < -0.3 is 4.90 Å². The maximum absolute atomic E-state index is 12.0. The van der Waals surface area contributed by atoms with Crippen LogP contribution in [0, 0.1) is 0 Å². The Kier molecular flexibility index (Phi) is 6.41. The zero-order chi connectivity index (χ0) is 14.3. The first-order chi connectivity index (χ1) is 9.12. The van der Waals surface area contributed by atoms with Crippen molar-refractivity contribution >= 4 is 5.91 Å². The molecule has 0 spiro atoms. The maximum Gasteiger partial charge on any atom is 0.236 e. The lowest BCUT2D eigenvalue weighted by Gasteiger charge is -2.22. The molecule has 1 heterocycles. The molecule has 0 atom stereocenters. The first-order valence-electron chi connectivity index (χ1n) is 6.83. The smallest absolute Gasteiger partial charge is 0.236 e. The van der Waals surface area contributed by atoms with Gasteiger partial charge >= 0.3 is 0 Å². The van der Waals surface area contributed by atoms with Crippen LogP contribution in [0.15, 0.2) is 0 Å². The van der Waals surface area contributed by atoms with E-state index in [1.54, 1.807) is 4.68 Å². The number of likely N-dealkylation sites (N-methyl/N-ethyl adjacent to an activating group) is 2. The lowest BCUT2D eigenvalue weighted by Crippen LogP contribution is -2.38. The third-order valence-electron chi connectivity index (χ3n) is 2.97. The second-order valence-electron chi connectivity index (χ2n) is 4.56. The normalized spacial score (nSPS) is 11.0. The summed E-state index contributed by atoms with van der Waals surface area (Å²) >= 11 is 0. The Balaban J connectivity index is 2.52. The summed E-state index contributed by atoms with van der Waals surface area (Å²) in [5.41, 5.74) is 0. The van der Waals surface area contributed by atoms with Crippen molar-refractivity contribution in [1.82, 2.24) is 30.0 Å². The van der Waals surface area contributed by atoms with E-state index in [0.29, 0.717) is 13.1 Å². The van der Waals surface area contributed by atoms with Crippen molar-refractivity contribution < 1.29 is 4.79 Å². The van der Waals surface area contributed by atoms with Crippen LogP contribution in [0.5, 0.6) is 0 Å². The summed E-state index contributed by atoms with van der Waals surface area (Å²) in [6, 6.07) is 0. The number of hydrogen-bond acceptors (Lipinski definition) is 5. The second kappa shape index (κ2) is 7.83. The van der Waals surface area contributed by atoms with Crippen molar-refractivity contribution in [2.45, 2.75) is 40.3 Å². The van der Waals surface area contributed by atoms with E-state index in [0.717, 1.165) is 31.9 Å². The minimum atomic E-state index is 0.141. The molecule has 0 aromatic carbocycles. The lowest BCUT2D eigenvalue weighted by atomic mass is 10.4. The van der Waals surface area contributed by atoms with E-state index >= 15 is 0 Å². The van der Waals surface area contributed by atoms with Gasteiger partial charge in [0.25, 0.3) is 0 Å². The van der Waals surface area contributed by atoms with Crippen molar-refractivity contribution in [3.05, 3.63) is 5.82 Å². The number of aromatic nitrogens is 4. The van der Waals surface area contributed by atoms with Crippen LogP contribution in [0.2, 0.25) is 0 Å². The summed E-state index contributed by atoms with van der Waals surface area (Å²) in [6.45, 7) is 9.33. The molecule has 1 rings (SSSR count). The molecular weight excluding hydrogens is 244 g/mol. The highest BCUT2D eigenvalue weighted by Gasteiger charge is 2.14. The van der Waals surface area contributed by atoms with Gasteiger partial charge in [-0.3, -0.25) is 9.69 Å². The van der Waals surface area contributed by atoms with Crippen molar-refractivity contribution in [3.63, 3.8) is 0 Å². The van der Waals surface area contributed by atoms with Crippen molar-refractivity contribution in [3.8, 4) is 0 Å². The predicted octanol–water partition coefficient (Wildman–Crippen LogP) is 0.383. The molecule has 1 amide bonds. The summed E-state index contributed by atoms with van der Waals surface area (Å²) in [7, 11) is 1.91. The standard InChI is InChI=1S/C12H24N6O/c1-5-8-18-11(13-14-15-18)9-16(4)10-12(19)17(6-2)7-3/h5-10H2,1-4H3. The third kappa shape index (κ3) is 4.59. The summed E-state index contributed by atoms with van der Waals surface area (Å²) in [4.78, 5) is 15.7. The van der Waals surface area contributed by atoms with Gasteiger partial charge in [0.05, 0.1) is 13.1 Å². The molecule has 0 saturated heterocycles. The molecule has 0 aliphatic carbocycles. The van der Waals surface area contributed by atoms with E-state index in [-0.39, 0.29) is 5.91 Å². The minimum Gasteiger partial charge on any atom is -0.342 e. The highest BCUT2D eigenvalue weighted by molar-refractivity contribution is 5.78. The molecule has 1 aromatic heterocycles. The van der Waals surface area contributed by atoms with Crippen molar-refractivity contribution in [2.24, 2.45) is 0 Å². The van der Waals surface area contributed by atoms with E-state index in [4.69, 9.17) is 0 Å². The maximum atomic E-state index is 12.0. The molecule has 0 saturated carbocycles. The molecule has 7 heteroatoms. The fourth-order valence-corrected chi connectivity index (χ4v) is 1.93. The van der Waals surface area contributed by atoms with Gasteiger partial charge in [-0.25, -0.2) is 4.68 Å². The Morgan fingerprint density at radius 1 is 1.26 bits per heavy atom. The van der Waals surface area contributed by atoms with Crippen LogP contribution in [-0.2, 0) is 17.9 Å². The largest absolute Gasteiger partial charge is 0.342 e. The zero-order valence-corrected chi connectivity index (χ0v) is 12.3. The molecule has 0 unspecified atom stereocenters. The van der Waals surface area contributed by atoms with Crippen LogP contribution in [-0.4, -0.2) is 62.6 Å². The molecular formula is C12H24N6O. The van der Waals surface area contributed by atoms with Crippen LogP contribution < -0.4 is 0 Å². The first-order valence-corrected chi connectivity index (χ1v) is 6.83. The summed E-state index contributed by atoms with van der Waals surface area (Å²) in [5.74, 6) is 0.943. The summed E-state index contributed by atoms with van der Waals surface area (Å²) in [6.07, 6.45) is 0.986. The average molecular weight is 268 g/mol. The van der Waals surface area contributed by atoms with E-state index in [9.17, 15) is 4.79 Å². The average Bonchev–Trinajstić information content (AvgIpc) is 2.78. The van der Waals surface area contributed by atoms with E-state index < -0.39 is 0 Å². The topological polar surface area (TPSA) is 67.2 Å². The summed E-state index contributed by atoms with van der Waals surface area (Å²) < 4.78 is 1.79. The van der Waals surface area contributed by atoms with Gasteiger partial charge in [-0.15, -0.1) is 5.10 Å². The van der Waals surface area contributed by atoms with Crippen LogP contribution >= 0.6 is 0 Å². The fourth-order valence-electron chi connectivity index (χ4n) is 1.93. The molecule has 0 N–H and O–H groups in total. The predicted molar refractivity (Wildman–Crippen MR) is 72.4 cm³/mol. The highest BCUT2D eigenvalue weighted by atomic mass is 16.2. The number of rotatable bonds is 8. The number of nitrogens with zero attached hydrogens (tertiary/aromatic N) is 6. The van der Waals surface area contributed by atoms with Crippen LogP contribution in [0.3, 0.4) is 0 Å². The first kappa shape index (κ1) is 15.6. The fraction of sp³-hybridized carbons (Fsp3) is 0.833. The molecule has 0 bridgehead atoms. The van der Waals surface area contributed by atoms with E-state index in [2.05, 4.69) is 22.4 Å². The number of carbonyl (C=O) groups excluding carboxylic acids is 1. The molecule has 1 aromatic rings. The highest BCUT2D eigenvalue weighted by Crippen LogP contribution is 2.00. The minimum absolute atomic E-state index is 0.141. The van der Waals surface area contributed by atoms with Gasteiger partial charge in [-0.05, 0) is 37.7 Å². The van der Waals surface area contributed by atoms with Gasteiger partial charge in [0.1, 0.15) is 0 Å². The van der Waals surface area contributed by atoms with Crippen LogP contribution in [0.25, 0.3) is 0 Å². The molecule has 19 heavy (non-hydrogen) atoms. The lowest BCUT2D eigenvalue weighted by molar-refractivity contribution is -0.131. The number of hydrogen-bond donors (Lipinski definition) is 0. The van der Waals surface area contributed by atoms with Gasteiger partial charge in [-0.1, -0.05) is 6.92 Å². The summed E-state index contributed by atoms with van der Waals surface area (Å²) in [5, 5.41) is 11.6. The van der Waals surface area contributed by atoms with E-state index in [1.165, 1.54) is 0 Å². The Morgan fingerprint density at radius 3 is 2.53 bits per heavy atom. The van der Waals surface area contributed by atoms with Crippen LogP contribution in [0.1, 0.15) is 33.0 Å². The zero-order valence-electron chi connectivity index (χ0n) is 12.3. The Bertz CT molecular complexity index is 387. The van der Waals surface area contributed by atoms with Crippen molar-refractivity contribution in [1.29, 1.82) is 0 Å². The molecule has 0 fully saturated rings. The number of aryl methyl sites for hydroxylation is 1. The van der Waals surface area contributed by atoms with Crippen LogP contribution in [0.4, 0.5) is 0 Å². The van der Waals surface area contributed by atoms with Gasteiger partial charge in [0.15, 0.2) is 5.82 Å². The number of tetrazole rings is 1. The van der Waals surface area contributed by atoms with Gasteiger partial charge in [0, 0.05) is 19.6 Å². The SMILES string of the molecule is CCCn1nnnc1CN(C)CC(=O)N(CC)CC. The molecule has 0 aliphatic rings. The third-order valence-corrected chi connectivity index (χ3v) is 2.97. The molecule has 7 nitrogen and oxygen atoms in total. The molecule has 108 valence electrons. The van der Waals surface area contributed by atoms with E-state index in [1.807, 2.05) is 30.7 Å². The molecule has 0 radical (unpaired) electrons. The van der Waals surface area contributed by atoms with Gasteiger partial charge in [0.2, 0.25) is 5.91 Å². The Labute approximate surface area is 114 Å². The number of amides is 1. The number of carbonyl (C=O) groups is 1. The van der Waals surface area contributed by atoms with Gasteiger partial charge in [-0.2, -0.15) is 0 Å².